The lowest BCUT2D eigenvalue weighted by atomic mass is 10.1. The number of rotatable bonds is 4. The molecule has 1 rings (SSSR count). The molecule has 0 fully saturated rings. The monoisotopic (exact) mass is 343 g/mol. The fourth-order valence-electron chi connectivity index (χ4n) is 1.08. The van der Waals surface area contributed by atoms with Crippen molar-refractivity contribution in [1.29, 1.82) is 0 Å². The van der Waals surface area contributed by atoms with Gasteiger partial charge in [0.15, 0.2) is 0 Å². The Kier molecular flexibility index (Phi) is 4.13. The highest BCUT2D eigenvalue weighted by atomic mass is 127. The van der Waals surface area contributed by atoms with Gasteiger partial charge in [-0.05, 0) is 34.9 Å². The summed E-state index contributed by atoms with van der Waals surface area (Å²) in [5, 5.41) is 9.05. The molecule has 0 amide bonds. The maximum absolute atomic E-state index is 11.1. The van der Waals surface area contributed by atoms with Gasteiger partial charge in [-0.15, -0.1) is 0 Å². The second-order valence-corrected chi connectivity index (χ2v) is 6.30. The van der Waals surface area contributed by atoms with Gasteiger partial charge in [-0.3, -0.25) is 4.68 Å². The van der Waals surface area contributed by atoms with Crippen molar-refractivity contribution >= 4 is 32.6 Å². The molecule has 1 heterocycles. The Labute approximate surface area is 103 Å². The predicted molar refractivity (Wildman–Crippen MR) is 65.8 cm³/mol. The van der Waals surface area contributed by atoms with Crippen LogP contribution in [0.1, 0.15) is 20.3 Å². The SMILES string of the molecule is CC(C)CCn1ncc(S(N)(=O)=O)c1I. The first kappa shape index (κ1) is 12.9. The molecule has 0 spiro atoms. The maximum atomic E-state index is 11.1. The minimum Gasteiger partial charge on any atom is -0.258 e. The van der Waals surface area contributed by atoms with Crippen LogP contribution in [-0.2, 0) is 16.6 Å². The van der Waals surface area contributed by atoms with Crippen LogP contribution in [0.15, 0.2) is 11.1 Å². The van der Waals surface area contributed by atoms with Crippen LogP contribution in [0.5, 0.6) is 0 Å². The highest BCUT2D eigenvalue weighted by molar-refractivity contribution is 14.1. The molecule has 5 nitrogen and oxygen atoms in total. The minimum atomic E-state index is -3.64. The molecule has 1 aromatic heterocycles. The summed E-state index contributed by atoms with van der Waals surface area (Å²) in [7, 11) is -3.64. The third kappa shape index (κ3) is 3.42. The topological polar surface area (TPSA) is 78.0 Å². The zero-order valence-corrected chi connectivity index (χ0v) is 11.6. The van der Waals surface area contributed by atoms with Crippen molar-refractivity contribution in [3.8, 4) is 0 Å². The summed E-state index contributed by atoms with van der Waals surface area (Å²) in [5.41, 5.74) is 0. The van der Waals surface area contributed by atoms with E-state index in [4.69, 9.17) is 5.14 Å². The van der Waals surface area contributed by atoms with Gasteiger partial charge >= 0.3 is 0 Å². The Hall–Kier alpha value is -0.150. The number of nitrogens with two attached hydrogens (primary N) is 1. The Bertz CT molecular complexity index is 439. The van der Waals surface area contributed by atoms with E-state index in [1.54, 1.807) is 4.68 Å². The first-order valence-corrected chi connectivity index (χ1v) is 7.19. The van der Waals surface area contributed by atoms with E-state index in [1.165, 1.54) is 6.20 Å². The van der Waals surface area contributed by atoms with Gasteiger partial charge in [0, 0.05) is 6.54 Å². The summed E-state index contributed by atoms with van der Waals surface area (Å²) in [6, 6.07) is 0. The third-order valence-electron chi connectivity index (χ3n) is 1.97. The highest BCUT2D eigenvalue weighted by Crippen LogP contribution is 2.16. The fraction of sp³-hybridized carbons (Fsp3) is 0.625. The molecule has 0 aliphatic heterocycles. The highest BCUT2D eigenvalue weighted by Gasteiger charge is 2.17. The summed E-state index contributed by atoms with van der Waals surface area (Å²) < 4.78 is 24.5. The molecule has 0 bridgehead atoms. The number of sulfonamides is 1. The van der Waals surface area contributed by atoms with Crippen molar-refractivity contribution in [2.24, 2.45) is 11.1 Å². The lowest BCUT2D eigenvalue weighted by molar-refractivity contribution is 0.480. The Morgan fingerprint density at radius 1 is 1.60 bits per heavy atom. The Balaban J connectivity index is 2.90. The van der Waals surface area contributed by atoms with Crippen LogP contribution in [-0.4, -0.2) is 18.2 Å². The second kappa shape index (κ2) is 4.79. The zero-order valence-electron chi connectivity index (χ0n) is 8.64. The Morgan fingerprint density at radius 2 is 2.20 bits per heavy atom. The van der Waals surface area contributed by atoms with Crippen LogP contribution in [0.3, 0.4) is 0 Å². The number of halogens is 1. The summed E-state index contributed by atoms with van der Waals surface area (Å²) in [6.45, 7) is 4.93. The summed E-state index contributed by atoms with van der Waals surface area (Å²) in [5.74, 6) is 0.558. The van der Waals surface area contributed by atoms with E-state index >= 15 is 0 Å². The van der Waals surface area contributed by atoms with E-state index < -0.39 is 10.0 Å². The van der Waals surface area contributed by atoms with Gasteiger partial charge in [0.25, 0.3) is 0 Å². The molecule has 0 radical (unpaired) electrons. The zero-order chi connectivity index (χ0) is 11.6. The van der Waals surface area contributed by atoms with E-state index in [-0.39, 0.29) is 4.90 Å². The molecule has 0 saturated carbocycles. The molecule has 2 N–H and O–H groups in total. The van der Waals surface area contributed by atoms with Crippen molar-refractivity contribution in [2.75, 3.05) is 0 Å². The molecular weight excluding hydrogens is 329 g/mol. The van der Waals surface area contributed by atoms with Crippen LogP contribution in [0, 0.1) is 9.62 Å². The van der Waals surface area contributed by atoms with E-state index in [1.807, 2.05) is 22.6 Å². The molecule has 0 atom stereocenters. The number of primary sulfonamides is 1. The standard InChI is InChI=1S/C8H14IN3O2S/c1-6(2)3-4-12-8(9)7(5-11-12)15(10,13)14/h5-6H,3-4H2,1-2H3,(H2,10,13,14). The van der Waals surface area contributed by atoms with Crippen LogP contribution in [0.4, 0.5) is 0 Å². The summed E-state index contributed by atoms with van der Waals surface area (Å²) in [4.78, 5) is 0.104. The summed E-state index contributed by atoms with van der Waals surface area (Å²) in [6.07, 6.45) is 2.26. The molecular formula is C8H14IN3O2S. The molecule has 0 aliphatic carbocycles. The lowest BCUT2D eigenvalue weighted by Crippen LogP contribution is -2.14. The van der Waals surface area contributed by atoms with Crippen molar-refractivity contribution in [3.63, 3.8) is 0 Å². The van der Waals surface area contributed by atoms with Gasteiger partial charge < -0.3 is 0 Å². The molecule has 15 heavy (non-hydrogen) atoms. The van der Waals surface area contributed by atoms with Gasteiger partial charge in [-0.1, -0.05) is 13.8 Å². The number of aryl methyl sites for hydroxylation is 1. The number of aromatic nitrogens is 2. The van der Waals surface area contributed by atoms with E-state index in [0.29, 0.717) is 16.2 Å². The number of nitrogens with zero attached hydrogens (tertiary/aromatic N) is 2. The van der Waals surface area contributed by atoms with Crippen molar-refractivity contribution in [2.45, 2.75) is 31.7 Å². The average molecular weight is 343 g/mol. The largest absolute Gasteiger partial charge is 0.258 e. The first-order valence-electron chi connectivity index (χ1n) is 4.56. The van der Waals surface area contributed by atoms with E-state index in [9.17, 15) is 8.42 Å². The normalized spacial score (nSPS) is 12.3. The van der Waals surface area contributed by atoms with Crippen LogP contribution in [0.25, 0.3) is 0 Å². The summed E-state index contributed by atoms with van der Waals surface area (Å²) >= 11 is 1.95. The third-order valence-corrected chi connectivity index (χ3v) is 4.38. The van der Waals surface area contributed by atoms with Gasteiger partial charge in [0.2, 0.25) is 10.0 Å². The predicted octanol–water partition coefficient (Wildman–Crippen LogP) is 1.18. The van der Waals surface area contributed by atoms with Crippen molar-refractivity contribution in [3.05, 3.63) is 9.90 Å². The molecule has 0 aliphatic rings. The Morgan fingerprint density at radius 3 is 2.60 bits per heavy atom. The van der Waals surface area contributed by atoms with Gasteiger partial charge in [-0.25, -0.2) is 13.6 Å². The lowest BCUT2D eigenvalue weighted by Gasteiger charge is -2.05. The van der Waals surface area contributed by atoms with Gasteiger partial charge in [0.05, 0.1) is 6.20 Å². The molecule has 0 saturated heterocycles. The van der Waals surface area contributed by atoms with Crippen molar-refractivity contribution < 1.29 is 8.42 Å². The minimum absolute atomic E-state index is 0.104. The molecule has 7 heteroatoms. The molecule has 86 valence electrons. The number of hydrogen-bond donors (Lipinski definition) is 1. The van der Waals surface area contributed by atoms with Crippen LogP contribution in [0.2, 0.25) is 0 Å². The molecule has 0 unspecified atom stereocenters. The van der Waals surface area contributed by atoms with Gasteiger partial charge in [-0.2, -0.15) is 5.10 Å². The average Bonchev–Trinajstić information content (AvgIpc) is 2.42. The molecule has 0 aromatic carbocycles. The van der Waals surface area contributed by atoms with Crippen molar-refractivity contribution in [1.82, 2.24) is 9.78 Å². The van der Waals surface area contributed by atoms with E-state index in [0.717, 1.165) is 6.42 Å². The van der Waals surface area contributed by atoms with Crippen LogP contribution < -0.4 is 5.14 Å². The smallest absolute Gasteiger partial charge is 0.242 e. The first-order chi connectivity index (χ1) is 6.82. The number of hydrogen-bond acceptors (Lipinski definition) is 3. The van der Waals surface area contributed by atoms with Crippen LogP contribution >= 0.6 is 22.6 Å². The van der Waals surface area contributed by atoms with Gasteiger partial charge in [0.1, 0.15) is 8.60 Å². The fourth-order valence-corrected chi connectivity index (χ4v) is 3.04. The van der Waals surface area contributed by atoms with E-state index in [2.05, 4.69) is 18.9 Å². The molecule has 1 aromatic rings. The maximum Gasteiger partial charge on any atom is 0.242 e. The second-order valence-electron chi connectivity index (χ2n) is 3.75. The quantitative estimate of drug-likeness (QED) is 0.834.